The number of anilines is 1. The Bertz CT molecular complexity index is 872. The van der Waals surface area contributed by atoms with Crippen LogP contribution in [0.4, 0.5) is 5.69 Å². The molecule has 1 aromatic carbocycles. The van der Waals surface area contributed by atoms with Crippen LogP contribution in [0.5, 0.6) is 0 Å². The van der Waals surface area contributed by atoms with E-state index < -0.39 is 11.8 Å². The molecule has 0 aliphatic rings. The third-order valence-electron chi connectivity index (χ3n) is 3.71. The van der Waals surface area contributed by atoms with Gasteiger partial charge in [0.2, 0.25) is 0 Å². The molecule has 2 amide bonds. The van der Waals surface area contributed by atoms with Crippen molar-refractivity contribution >= 4 is 28.3 Å². The Labute approximate surface area is 150 Å². The summed E-state index contributed by atoms with van der Waals surface area (Å²) in [5, 5.41) is 6.93. The van der Waals surface area contributed by atoms with Gasteiger partial charge in [0.25, 0.3) is 0 Å². The Hall–Kier alpha value is -3.19. The van der Waals surface area contributed by atoms with Crippen molar-refractivity contribution in [1.82, 2.24) is 10.3 Å². The normalized spacial score (nSPS) is 10.6. The molecular formula is C19H19N3O4. The van der Waals surface area contributed by atoms with Gasteiger partial charge in [-0.15, -0.1) is 0 Å². The molecule has 2 N–H and O–H groups in total. The molecule has 0 saturated carbocycles. The van der Waals surface area contributed by atoms with Crippen LogP contribution in [0.15, 0.2) is 59.5 Å². The van der Waals surface area contributed by atoms with Crippen LogP contribution in [0.1, 0.15) is 12.2 Å². The minimum absolute atomic E-state index is 0.351. The van der Waals surface area contributed by atoms with Crippen molar-refractivity contribution < 1.29 is 18.7 Å². The van der Waals surface area contributed by atoms with Crippen molar-refractivity contribution in [3.8, 4) is 0 Å². The molecule has 134 valence electrons. The molecule has 3 aromatic rings. The van der Waals surface area contributed by atoms with Crippen molar-refractivity contribution in [1.29, 1.82) is 0 Å². The molecule has 26 heavy (non-hydrogen) atoms. The number of aromatic nitrogens is 1. The molecule has 0 saturated heterocycles. The molecule has 2 heterocycles. The Kier molecular flexibility index (Phi) is 5.95. The highest BCUT2D eigenvalue weighted by Gasteiger charge is 2.14. The van der Waals surface area contributed by atoms with Crippen molar-refractivity contribution in [3.63, 3.8) is 0 Å². The molecule has 7 nitrogen and oxygen atoms in total. The average molecular weight is 353 g/mol. The molecule has 0 atom stereocenters. The van der Waals surface area contributed by atoms with Crippen molar-refractivity contribution in [3.05, 3.63) is 60.8 Å². The molecule has 0 spiro atoms. The number of pyridine rings is 1. The quantitative estimate of drug-likeness (QED) is 0.503. The number of ether oxygens (including phenoxy) is 1. The number of amides is 2. The lowest BCUT2D eigenvalue weighted by molar-refractivity contribution is -0.136. The van der Waals surface area contributed by atoms with E-state index in [2.05, 4.69) is 15.6 Å². The summed E-state index contributed by atoms with van der Waals surface area (Å²) in [6.07, 6.45) is 5.53. The van der Waals surface area contributed by atoms with Crippen LogP contribution >= 0.6 is 0 Å². The molecule has 7 heteroatoms. The number of rotatable bonds is 7. The summed E-state index contributed by atoms with van der Waals surface area (Å²) in [4.78, 5) is 28.0. The third-order valence-corrected chi connectivity index (χ3v) is 3.71. The first-order valence-electron chi connectivity index (χ1n) is 8.26. The Morgan fingerprint density at radius 3 is 2.88 bits per heavy atom. The van der Waals surface area contributed by atoms with Gasteiger partial charge in [0.15, 0.2) is 0 Å². The van der Waals surface area contributed by atoms with E-state index in [9.17, 15) is 9.59 Å². The maximum absolute atomic E-state index is 12.0. The van der Waals surface area contributed by atoms with Crippen LogP contribution in [0, 0.1) is 0 Å². The van der Waals surface area contributed by atoms with E-state index in [4.69, 9.17) is 9.15 Å². The highest BCUT2D eigenvalue weighted by atomic mass is 16.5. The second-order valence-electron chi connectivity index (χ2n) is 5.60. The molecule has 0 fully saturated rings. The van der Waals surface area contributed by atoms with Gasteiger partial charge < -0.3 is 19.8 Å². The number of carbonyl (C=O) groups excluding carboxylic acids is 2. The fourth-order valence-electron chi connectivity index (χ4n) is 2.43. The average Bonchev–Trinajstić information content (AvgIpc) is 3.18. The Balaban J connectivity index is 1.41. The summed E-state index contributed by atoms with van der Waals surface area (Å²) >= 11 is 0. The number of carbonyl (C=O) groups is 2. The number of nitrogens with zero attached hydrogens (tertiary/aromatic N) is 1. The zero-order valence-corrected chi connectivity index (χ0v) is 14.1. The smallest absolute Gasteiger partial charge is 0.313 e. The molecule has 0 radical (unpaired) electrons. The highest BCUT2D eigenvalue weighted by molar-refractivity contribution is 6.40. The minimum Gasteiger partial charge on any atom is -0.467 e. The summed E-state index contributed by atoms with van der Waals surface area (Å²) in [5.74, 6) is -0.633. The van der Waals surface area contributed by atoms with Gasteiger partial charge in [-0.2, -0.15) is 0 Å². The number of furan rings is 1. The standard InChI is InChI=1S/C19H19N3O4/c23-18(21-8-3-10-25-13-15-5-2-11-26-15)19(24)22-17-6-1-4-14-12-20-9-7-16(14)17/h1-2,4-7,9,11-12H,3,8,10,13H2,(H,21,23)(H,22,24). The second-order valence-corrected chi connectivity index (χ2v) is 5.60. The zero-order chi connectivity index (χ0) is 18.2. The summed E-state index contributed by atoms with van der Waals surface area (Å²) < 4.78 is 10.6. The van der Waals surface area contributed by atoms with Crippen LogP contribution < -0.4 is 10.6 Å². The van der Waals surface area contributed by atoms with Gasteiger partial charge in [0.05, 0.1) is 6.26 Å². The number of hydrogen-bond acceptors (Lipinski definition) is 5. The maximum Gasteiger partial charge on any atom is 0.313 e. The predicted molar refractivity (Wildman–Crippen MR) is 96.4 cm³/mol. The lowest BCUT2D eigenvalue weighted by Crippen LogP contribution is -2.36. The van der Waals surface area contributed by atoms with Crippen LogP contribution in [0.3, 0.4) is 0 Å². The summed E-state index contributed by atoms with van der Waals surface area (Å²) in [6.45, 7) is 1.19. The van der Waals surface area contributed by atoms with Gasteiger partial charge >= 0.3 is 11.8 Å². The highest BCUT2D eigenvalue weighted by Crippen LogP contribution is 2.21. The Morgan fingerprint density at radius 2 is 2.04 bits per heavy atom. The van der Waals surface area contributed by atoms with Crippen LogP contribution in [-0.2, 0) is 20.9 Å². The first-order chi connectivity index (χ1) is 12.7. The van der Waals surface area contributed by atoms with Gasteiger partial charge in [-0.25, -0.2) is 0 Å². The van der Waals surface area contributed by atoms with E-state index in [1.54, 1.807) is 42.9 Å². The van der Waals surface area contributed by atoms with E-state index in [1.165, 1.54) is 0 Å². The van der Waals surface area contributed by atoms with Gasteiger partial charge in [0.1, 0.15) is 12.4 Å². The summed E-state index contributed by atoms with van der Waals surface area (Å²) in [5.41, 5.74) is 0.576. The first-order valence-corrected chi connectivity index (χ1v) is 8.26. The number of nitrogens with one attached hydrogen (secondary N) is 2. The van der Waals surface area contributed by atoms with E-state index in [0.29, 0.717) is 31.9 Å². The largest absolute Gasteiger partial charge is 0.467 e. The topological polar surface area (TPSA) is 93.5 Å². The van der Waals surface area contributed by atoms with E-state index in [-0.39, 0.29) is 0 Å². The monoisotopic (exact) mass is 353 g/mol. The molecule has 0 unspecified atom stereocenters. The van der Waals surface area contributed by atoms with Crippen molar-refractivity contribution in [2.75, 3.05) is 18.5 Å². The van der Waals surface area contributed by atoms with E-state index in [0.717, 1.165) is 16.5 Å². The lowest BCUT2D eigenvalue weighted by atomic mass is 10.1. The lowest BCUT2D eigenvalue weighted by Gasteiger charge is -2.09. The molecular weight excluding hydrogens is 334 g/mol. The summed E-state index contributed by atoms with van der Waals surface area (Å²) in [6, 6.07) is 10.9. The van der Waals surface area contributed by atoms with E-state index in [1.807, 2.05) is 12.1 Å². The van der Waals surface area contributed by atoms with Gasteiger partial charge in [0, 0.05) is 42.0 Å². The fraction of sp³-hybridized carbons (Fsp3) is 0.211. The van der Waals surface area contributed by atoms with Gasteiger partial charge in [-0.3, -0.25) is 14.6 Å². The van der Waals surface area contributed by atoms with Crippen molar-refractivity contribution in [2.45, 2.75) is 13.0 Å². The minimum atomic E-state index is -0.703. The first kappa shape index (κ1) is 17.6. The fourth-order valence-corrected chi connectivity index (χ4v) is 2.43. The maximum atomic E-state index is 12.0. The number of benzene rings is 1. The van der Waals surface area contributed by atoms with Gasteiger partial charge in [-0.05, 0) is 30.7 Å². The van der Waals surface area contributed by atoms with Gasteiger partial charge in [-0.1, -0.05) is 12.1 Å². The molecule has 0 bridgehead atoms. The SMILES string of the molecule is O=C(NCCCOCc1ccco1)C(=O)Nc1cccc2cnccc12. The zero-order valence-electron chi connectivity index (χ0n) is 14.1. The number of fused-ring (bicyclic) bond motifs is 1. The molecule has 0 aliphatic carbocycles. The predicted octanol–water partition coefficient (Wildman–Crippen LogP) is 2.49. The van der Waals surface area contributed by atoms with E-state index >= 15 is 0 Å². The van der Waals surface area contributed by atoms with Crippen LogP contribution in [-0.4, -0.2) is 29.9 Å². The molecule has 2 aromatic heterocycles. The molecule has 3 rings (SSSR count). The number of hydrogen-bond donors (Lipinski definition) is 2. The third kappa shape index (κ3) is 4.67. The van der Waals surface area contributed by atoms with Crippen LogP contribution in [0.2, 0.25) is 0 Å². The summed E-state index contributed by atoms with van der Waals surface area (Å²) in [7, 11) is 0. The molecule has 0 aliphatic heterocycles. The van der Waals surface area contributed by atoms with Crippen molar-refractivity contribution in [2.24, 2.45) is 0 Å². The second kappa shape index (κ2) is 8.77. The van der Waals surface area contributed by atoms with Crippen LogP contribution in [0.25, 0.3) is 10.8 Å². The Morgan fingerprint density at radius 1 is 1.12 bits per heavy atom.